The smallest absolute Gasteiger partial charge is 0.143 e. The molecule has 7 aromatic carbocycles. The van der Waals surface area contributed by atoms with E-state index in [-0.39, 0.29) is 6.17 Å². The Labute approximate surface area is 297 Å². The van der Waals surface area contributed by atoms with E-state index in [9.17, 15) is 0 Å². The van der Waals surface area contributed by atoms with Crippen molar-refractivity contribution in [1.82, 2.24) is 5.32 Å². The summed E-state index contributed by atoms with van der Waals surface area (Å²) in [6.07, 6.45) is -0.379. The summed E-state index contributed by atoms with van der Waals surface area (Å²) in [5.74, 6) is 0.445. The van der Waals surface area contributed by atoms with Gasteiger partial charge in [0.05, 0.1) is 0 Å². The van der Waals surface area contributed by atoms with Gasteiger partial charge in [0.15, 0.2) is 0 Å². The first-order valence-electron chi connectivity index (χ1n) is 17.1. The lowest BCUT2D eigenvalue weighted by Crippen LogP contribution is -2.24. The van der Waals surface area contributed by atoms with Crippen LogP contribution in [0.3, 0.4) is 0 Å². The zero-order valence-electron chi connectivity index (χ0n) is 27.5. The number of furan rings is 2. The van der Waals surface area contributed by atoms with E-state index in [1.165, 1.54) is 25.7 Å². The summed E-state index contributed by atoms with van der Waals surface area (Å²) >= 11 is 1.83. The Morgan fingerprint density at radius 3 is 2.14 bits per heavy atom. The van der Waals surface area contributed by atoms with E-state index in [0.29, 0.717) is 12.4 Å². The molecule has 0 fully saturated rings. The molecule has 0 saturated heterocycles. The number of thiophene rings is 1. The van der Waals surface area contributed by atoms with Crippen molar-refractivity contribution >= 4 is 81.2 Å². The average Bonchev–Trinajstić information content (AvgIpc) is 3.88. The van der Waals surface area contributed by atoms with Crippen LogP contribution in [0.4, 0.5) is 0 Å². The van der Waals surface area contributed by atoms with Crippen molar-refractivity contribution in [2.75, 3.05) is 0 Å². The maximum absolute atomic E-state index is 6.83. The van der Waals surface area contributed by atoms with Gasteiger partial charge in [0.1, 0.15) is 34.3 Å². The molecule has 1 atom stereocenters. The molecular formula is C45H31N3O2S. The molecule has 0 aliphatic rings. The number of nitrogens with one attached hydrogen (secondary N) is 1. The van der Waals surface area contributed by atoms with Gasteiger partial charge < -0.3 is 14.6 Å². The van der Waals surface area contributed by atoms with Gasteiger partial charge in [0.2, 0.25) is 0 Å². The van der Waals surface area contributed by atoms with Gasteiger partial charge in [-0.3, -0.25) is 5.32 Å². The highest BCUT2D eigenvalue weighted by Gasteiger charge is 2.18. The molecule has 6 heteroatoms. The molecule has 0 bridgehead atoms. The van der Waals surface area contributed by atoms with Crippen LogP contribution in [0.1, 0.15) is 22.9 Å². The number of hydrogen-bond acceptors (Lipinski definition) is 5. The van der Waals surface area contributed by atoms with Crippen LogP contribution in [0.15, 0.2) is 165 Å². The Morgan fingerprint density at radius 1 is 0.588 bits per heavy atom. The Hall–Kier alpha value is -6.21. The predicted octanol–water partition coefficient (Wildman–Crippen LogP) is 11.7. The van der Waals surface area contributed by atoms with Crippen molar-refractivity contribution < 1.29 is 8.83 Å². The molecule has 244 valence electrons. The summed E-state index contributed by atoms with van der Waals surface area (Å²) in [6, 6.07) is 52.3. The fourth-order valence-electron chi connectivity index (χ4n) is 7.37. The van der Waals surface area contributed by atoms with Crippen molar-refractivity contribution in [1.29, 1.82) is 0 Å². The third kappa shape index (κ3) is 4.99. The van der Waals surface area contributed by atoms with Crippen molar-refractivity contribution in [3.05, 3.63) is 168 Å². The van der Waals surface area contributed by atoms with Crippen LogP contribution in [0.2, 0.25) is 0 Å². The molecule has 10 aromatic rings. The van der Waals surface area contributed by atoms with E-state index in [0.717, 1.165) is 66.1 Å². The fraction of sp³-hybridized carbons (Fsp3) is 0.0444. The van der Waals surface area contributed by atoms with Gasteiger partial charge in [-0.25, -0.2) is 4.99 Å². The molecule has 0 aliphatic carbocycles. The van der Waals surface area contributed by atoms with Gasteiger partial charge in [0.25, 0.3) is 0 Å². The lowest BCUT2D eigenvalue weighted by Gasteiger charge is -2.17. The Bertz CT molecular complexity index is 2950. The molecule has 3 aromatic heterocycles. The Balaban J connectivity index is 1.02. The van der Waals surface area contributed by atoms with E-state index < -0.39 is 0 Å². The molecule has 5 nitrogen and oxygen atoms in total. The highest BCUT2D eigenvalue weighted by Crippen LogP contribution is 2.43. The van der Waals surface area contributed by atoms with Gasteiger partial charge in [-0.15, -0.1) is 11.3 Å². The van der Waals surface area contributed by atoms with Crippen molar-refractivity contribution in [3.63, 3.8) is 0 Å². The molecule has 10 rings (SSSR count). The first kappa shape index (κ1) is 29.7. The topological polar surface area (TPSA) is 76.7 Å². The van der Waals surface area contributed by atoms with Crippen LogP contribution in [-0.2, 0) is 6.54 Å². The second-order valence-corrected chi connectivity index (χ2v) is 13.9. The van der Waals surface area contributed by atoms with E-state index in [1.54, 1.807) is 0 Å². The average molecular weight is 678 g/mol. The number of nitrogens with two attached hydrogens (primary N) is 1. The van der Waals surface area contributed by atoms with Crippen molar-refractivity contribution in [2.45, 2.75) is 12.7 Å². The van der Waals surface area contributed by atoms with Crippen LogP contribution in [-0.4, -0.2) is 5.84 Å². The molecular weight excluding hydrogens is 647 g/mol. The van der Waals surface area contributed by atoms with Crippen LogP contribution in [0.5, 0.6) is 0 Å². The predicted molar refractivity (Wildman–Crippen MR) is 213 cm³/mol. The van der Waals surface area contributed by atoms with Crippen LogP contribution >= 0.6 is 11.3 Å². The highest BCUT2D eigenvalue weighted by atomic mass is 32.1. The van der Waals surface area contributed by atoms with Gasteiger partial charge in [-0.05, 0) is 35.9 Å². The zero-order chi connectivity index (χ0) is 33.9. The minimum atomic E-state index is -0.379. The maximum atomic E-state index is 6.83. The molecule has 1 unspecified atom stereocenters. The maximum Gasteiger partial charge on any atom is 0.143 e. The van der Waals surface area contributed by atoms with Crippen LogP contribution < -0.4 is 11.1 Å². The molecule has 0 spiro atoms. The van der Waals surface area contributed by atoms with Crippen LogP contribution in [0, 0.1) is 0 Å². The number of rotatable bonds is 7. The lowest BCUT2D eigenvalue weighted by atomic mass is 10.00. The number of aliphatic imine (C=N–C) groups is 1. The number of fused-ring (bicyclic) bond motifs is 9. The SMILES string of the molecule is NC(=NC(NCc1cccc2c1oc1ccccc12)c1ccccc1)c1ccc2oc3c(-c4cccc5c4sc4ccccc45)cccc3c2c1. The molecule has 0 amide bonds. The highest BCUT2D eigenvalue weighted by molar-refractivity contribution is 7.26. The number of benzene rings is 7. The zero-order valence-corrected chi connectivity index (χ0v) is 28.3. The third-order valence-corrected chi connectivity index (χ3v) is 11.1. The van der Waals surface area contributed by atoms with E-state index in [2.05, 4.69) is 108 Å². The number of amidine groups is 1. The Kier molecular flexibility index (Phi) is 6.98. The van der Waals surface area contributed by atoms with Crippen molar-refractivity contribution in [3.8, 4) is 11.1 Å². The minimum absolute atomic E-state index is 0.379. The fourth-order valence-corrected chi connectivity index (χ4v) is 8.60. The minimum Gasteiger partial charge on any atom is -0.456 e. The van der Waals surface area contributed by atoms with E-state index in [4.69, 9.17) is 19.6 Å². The second kappa shape index (κ2) is 12.0. The van der Waals surface area contributed by atoms with E-state index in [1.807, 2.05) is 59.9 Å². The second-order valence-electron chi connectivity index (χ2n) is 12.9. The number of hydrogen-bond donors (Lipinski definition) is 2. The first-order valence-corrected chi connectivity index (χ1v) is 17.9. The summed E-state index contributed by atoms with van der Waals surface area (Å²) in [6.45, 7) is 0.550. The monoisotopic (exact) mass is 677 g/mol. The Morgan fingerprint density at radius 2 is 1.25 bits per heavy atom. The summed E-state index contributed by atoms with van der Waals surface area (Å²) in [5, 5.41) is 10.5. The molecule has 0 saturated carbocycles. The first-order chi connectivity index (χ1) is 25.2. The van der Waals surface area contributed by atoms with Gasteiger partial charge >= 0.3 is 0 Å². The standard InChI is InChI=1S/C45H31N3O2S/c46-44(48-45(27-11-2-1-3-12-27)47-26-29-13-8-16-32-30-14-4-6-21-38(30)49-41(29)32)28-23-24-39-37(25-28)34-18-9-17-33(42(34)50-39)36-20-10-19-35-31-15-5-7-22-40(31)51-43(35)36/h1-25,45,47H,26H2,(H2,46,48). The van der Waals surface area contributed by atoms with Gasteiger partial charge in [-0.1, -0.05) is 121 Å². The largest absolute Gasteiger partial charge is 0.456 e. The van der Waals surface area contributed by atoms with E-state index >= 15 is 0 Å². The summed E-state index contributed by atoms with van der Waals surface area (Å²) < 4.78 is 15.4. The van der Waals surface area contributed by atoms with Gasteiger partial charge in [0, 0.05) is 70.5 Å². The third-order valence-electron chi connectivity index (χ3n) is 9.84. The normalized spacial score (nSPS) is 13.0. The number of para-hydroxylation sites is 3. The molecule has 0 radical (unpaired) electrons. The summed E-state index contributed by atoms with van der Waals surface area (Å²) in [7, 11) is 0. The lowest BCUT2D eigenvalue weighted by molar-refractivity contribution is 0.550. The van der Waals surface area contributed by atoms with Gasteiger partial charge in [-0.2, -0.15) is 0 Å². The van der Waals surface area contributed by atoms with Crippen LogP contribution in [0.25, 0.3) is 75.2 Å². The summed E-state index contributed by atoms with van der Waals surface area (Å²) in [5.41, 5.74) is 15.5. The molecule has 51 heavy (non-hydrogen) atoms. The van der Waals surface area contributed by atoms with Crippen molar-refractivity contribution in [2.24, 2.45) is 10.7 Å². The quantitative estimate of drug-likeness (QED) is 0.130. The number of nitrogens with zero attached hydrogens (tertiary/aromatic N) is 1. The summed E-state index contributed by atoms with van der Waals surface area (Å²) in [4.78, 5) is 5.07. The molecule has 0 aliphatic heterocycles. The molecule has 3 heterocycles. The molecule has 3 N–H and O–H groups in total.